The first-order valence-corrected chi connectivity index (χ1v) is 5.83. The summed E-state index contributed by atoms with van der Waals surface area (Å²) in [7, 11) is 0. The zero-order valence-electron chi connectivity index (χ0n) is 8.99. The van der Waals surface area contributed by atoms with Gasteiger partial charge in [-0.1, -0.05) is 32.5 Å². The first-order valence-electron chi connectivity index (χ1n) is 4.95. The van der Waals surface area contributed by atoms with Crippen molar-refractivity contribution in [3.63, 3.8) is 0 Å². The Morgan fingerprint density at radius 1 is 1.43 bits per heavy atom. The summed E-state index contributed by atoms with van der Waals surface area (Å²) in [4.78, 5) is 4.07. The highest BCUT2D eigenvalue weighted by molar-refractivity contribution is 7.99. The van der Waals surface area contributed by atoms with Gasteiger partial charge in [0.2, 0.25) is 0 Å². The summed E-state index contributed by atoms with van der Waals surface area (Å²) in [5.41, 5.74) is 0. The maximum Gasteiger partial charge on any atom is 0.255 e. The zero-order valence-corrected chi connectivity index (χ0v) is 9.80. The normalized spacial score (nSPS) is 13.4. The maximum absolute atomic E-state index is 5.16. The average molecular weight is 214 g/mol. The van der Waals surface area contributed by atoms with Crippen LogP contribution in [-0.4, -0.2) is 23.3 Å². The second kappa shape index (κ2) is 6.09. The SMILES string of the molecule is CC(C)CNCC(C)Sc1ncco1. The summed E-state index contributed by atoms with van der Waals surface area (Å²) in [5, 5.41) is 4.65. The molecule has 0 spiro atoms. The Labute approximate surface area is 89.7 Å². The van der Waals surface area contributed by atoms with Gasteiger partial charge in [-0.15, -0.1) is 0 Å². The van der Waals surface area contributed by atoms with Crippen LogP contribution in [0.5, 0.6) is 0 Å². The van der Waals surface area contributed by atoms with E-state index in [1.807, 2.05) is 0 Å². The number of thioether (sulfide) groups is 1. The summed E-state index contributed by atoms with van der Waals surface area (Å²) >= 11 is 1.66. The largest absolute Gasteiger partial charge is 0.440 e. The van der Waals surface area contributed by atoms with Crippen LogP contribution >= 0.6 is 11.8 Å². The highest BCUT2D eigenvalue weighted by atomic mass is 32.2. The van der Waals surface area contributed by atoms with E-state index in [0.29, 0.717) is 11.2 Å². The van der Waals surface area contributed by atoms with E-state index < -0.39 is 0 Å². The molecule has 0 saturated carbocycles. The van der Waals surface area contributed by atoms with E-state index >= 15 is 0 Å². The molecule has 0 radical (unpaired) electrons. The molecule has 1 aromatic rings. The minimum Gasteiger partial charge on any atom is -0.440 e. The van der Waals surface area contributed by atoms with Crippen molar-refractivity contribution in [1.29, 1.82) is 0 Å². The second-order valence-corrected chi connectivity index (χ2v) is 5.17. The molecule has 0 aliphatic rings. The number of nitrogens with zero attached hydrogens (tertiary/aromatic N) is 1. The van der Waals surface area contributed by atoms with E-state index in [1.54, 1.807) is 24.2 Å². The quantitative estimate of drug-likeness (QED) is 0.738. The Balaban J connectivity index is 2.13. The molecule has 1 aromatic heterocycles. The molecule has 0 amide bonds. The summed E-state index contributed by atoms with van der Waals surface area (Å²) < 4.78 is 5.16. The van der Waals surface area contributed by atoms with Gasteiger partial charge in [0, 0.05) is 11.8 Å². The van der Waals surface area contributed by atoms with E-state index in [9.17, 15) is 0 Å². The third kappa shape index (κ3) is 4.67. The van der Waals surface area contributed by atoms with Gasteiger partial charge in [-0.05, 0) is 12.5 Å². The number of rotatable bonds is 6. The second-order valence-electron chi connectivity index (χ2n) is 3.78. The molecule has 0 aliphatic carbocycles. The van der Waals surface area contributed by atoms with Crippen molar-refractivity contribution in [2.45, 2.75) is 31.2 Å². The Bertz CT molecular complexity index is 236. The van der Waals surface area contributed by atoms with Crippen LogP contribution in [-0.2, 0) is 0 Å². The van der Waals surface area contributed by atoms with Crippen LogP contribution in [0.2, 0.25) is 0 Å². The summed E-state index contributed by atoms with van der Waals surface area (Å²) in [6.45, 7) is 8.64. The van der Waals surface area contributed by atoms with Crippen molar-refractivity contribution >= 4 is 11.8 Å². The fourth-order valence-electron chi connectivity index (χ4n) is 1.06. The lowest BCUT2D eigenvalue weighted by atomic mass is 10.2. The van der Waals surface area contributed by atoms with E-state index in [4.69, 9.17) is 4.42 Å². The van der Waals surface area contributed by atoms with Crippen LogP contribution in [0.25, 0.3) is 0 Å². The van der Waals surface area contributed by atoms with Crippen LogP contribution < -0.4 is 5.32 Å². The average Bonchev–Trinajstić information content (AvgIpc) is 2.56. The van der Waals surface area contributed by atoms with E-state index in [2.05, 4.69) is 31.1 Å². The molecule has 1 rings (SSSR count). The fraction of sp³-hybridized carbons (Fsp3) is 0.700. The van der Waals surface area contributed by atoms with Gasteiger partial charge in [0.15, 0.2) is 0 Å². The minimum atomic E-state index is 0.493. The lowest BCUT2D eigenvalue weighted by Crippen LogP contribution is -2.26. The molecule has 0 saturated heterocycles. The lowest BCUT2D eigenvalue weighted by molar-refractivity contribution is 0.452. The van der Waals surface area contributed by atoms with Crippen molar-refractivity contribution in [3.8, 4) is 0 Å². The monoisotopic (exact) mass is 214 g/mol. The summed E-state index contributed by atoms with van der Waals surface area (Å²) in [6, 6.07) is 0. The predicted octanol–water partition coefficient (Wildman–Crippen LogP) is 2.40. The Morgan fingerprint density at radius 2 is 2.21 bits per heavy atom. The third-order valence-corrected chi connectivity index (χ3v) is 2.67. The van der Waals surface area contributed by atoms with Gasteiger partial charge in [-0.3, -0.25) is 0 Å². The molecule has 0 aliphatic heterocycles. The van der Waals surface area contributed by atoms with Gasteiger partial charge < -0.3 is 9.73 Å². The molecule has 1 unspecified atom stereocenters. The van der Waals surface area contributed by atoms with Crippen LogP contribution in [0.15, 0.2) is 22.1 Å². The summed E-state index contributed by atoms with van der Waals surface area (Å²) in [5.74, 6) is 0.703. The van der Waals surface area contributed by atoms with Crippen LogP contribution in [0.1, 0.15) is 20.8 Å². The number of hydrogen-bond donors (Lipinski definition) is 1. The molecule has 0 aromatic carbocycles. The van der Waals surface area contributed by atoms with Crippen LogP contribution in [0.3, 0.4) is 0 Å². The highest BCUT2D eigenvalue weighted by Gasteiger charge is 2.07. The van der Waals surface area contributed by atoms with Gasteiger partial charge in [0.1, 0.15) is 6.26 Å². The first-order chi connectivity index (χ1) is 6.68. The lowest BCUT2D eigenvalue weighted by Gasteiger charge is -2.11. The molecule has 1 N–H and O–H groups in total. The fourth-order valence-corrected chi connectivity index (χ4v) is 1.84. The molecular formula is C10H18N2OS. The van der Waals surface area contributed by atoms with Gasteiger partial charge >= 0.3 is 0 Å². The molecule has 4 heteroatoms. The molecule has 1 atom stereocenters. The maximum atomic E-state index is 5.16. The Kier molecular flexibility index (Phi) is 5.04. The molecule has 1 heterocycles. The van der Waals surface area contributed by atoms with Crippen molar-refractivity contribution < 1.29 is 4.42 Å². The first kappa shape index (κ1) is 11.6. The van der Waals surface area contributed by atoms with E-state index in [0.717, 1.165) is 18.3 Å². The van der Waals surface area contributed by atoms with Gasteiger partial charge in [-0.2, -0.15) is 0 Å². The topological polar surface area (TPSA) is 38.1 Å². The van der Waals surface area contributed by atoms with Crippen molar-refractivity contribution in [3.05, 3.63) is 12.5 Å². The standard InChI is InChI=1S/C10H18N2OS/c1-8(2)6-11-7-9(3)14-10-12-4-5-13-10/h4-5,8-9,11H,6-7H2,1-3H3. The molecule has 0 bridgehead atoms. The van der Waals surface area contributed by atoms with Crippen molar-refractivity contribution in [2.75, 3.05) is 13.1 Å². The molecule has 14 heavy (non-hydrogen) atoms. The van der Waals surface area contributed by atoms with Crippen LogP contribution in [0, 0.1) is 5.92 Å². The molecule has 3 nitrogen and oxygen atoms in total. The molecular weight excluding hydrogens is 196 g/mol. The Hall–Kier alpha value is -0.480. The van der Waals surface area contributed by atoms with Gasteiger partial charge in [0.05, 0.1) is 6.20 Å². The number of aromatic nitrogens is 1. The Morgan fingerprint density at radius 3 is 2.79 bits per heavy atom. The van der Waals surface area contributed by atoms with Gasteiger partial charge in [-0.25, -0.2) is 4.98 Å². The third-order valence-electron chi connectivity index (χ3n) is 1.70. The number of hydrogen-bond acceptors (Lipinski definition) is 4. The summed E-state index contributed by atoms with van der Waals surface area (Å²) in [6.07, 6.45) is 3.28. The molecule has 80 valence electrons. The van der Waals surface area contributed by atoms with Crippen LogP contribution in [0.4, 0.5) is 0 Å². The number of oxazole rings is 1. The van der Waals surface area contributed by atoms with Gasteiger partial charge in [0.25, 0.3) is 5.22 Å². The molecule has 0 fully saturated rings. The zero-order chi connectivity index (χ0) is 10.4. The predicted molar refractivity (Wildman–Crippen MR) is 59.5 cm³/mol. The number of nitrogens with one attached hydrogen (secondary N) is 1. The highest BCUT2D eigenvalue weighted by Crippen LogP contribution is 2.19. The van der Waals surface area contributed by atoms with E-state index in [1.165, 1.54) is 0 Å². The minimum absolute atomic E-state index is 0.493. The van der Waals surface area contributed by atoms with Crippen molar-refractivity contribution in [1.82, 2.24) is 10.3 Å². The van der Waals surface area contributed by atoms with E-state index in [-0.39, 0.29) is 0 Å². The van der Waals surface area contributed by atoms with Crippen molar-refractivity contribution in [2.24, 2.45) is 5.92 Å². The smallest absolute Gasteiger partial charge is 0.255 e.